The van der Waals surface area contributed by atoms with E-state index in [1.807, 2.05) is 43.3 Å². The Labute approximate surface area is 119 Å². The first-order valence-corrected chi connectivity index (χ1v) is 6.60. The highest BCUT2D eigenvalue weighted by molar-refractivity contribution is 5.36. The molecule has 0 N–H and O–H groups in total. The van der Waals surface area contributed by atoms with Crippen LogP contribution in [-0.4, -0.2) is 13.2 Å². The van der Waals surface area contributed by atoms with Crippen molar-refractivity contribution in [1.29, 1.82) is 5.26 Å². The summed E-state index contributed by atoms with van der Waals surface area (Å²) < 4.78 is 11.2. The summed E-state index contributed by atoms with van der Waals surface area (Å²) in [5.41, 5.74) is 1.80. The van der Waals surface area contributed by atoms with E-state index < -0.39 is 0 Å². The highest BCUT2D eigenvalue weighted by Crippen LogP contribution is 2.14. The van der Waals surface area contributed by atoms with E-state index in [0.717, 1.165) is 17.9 Å². The molecule has 0 aliphatic heterocycles. The van der Waals surface area contributed by atoms with Crippen LogP contribution >= 0.6 is 0 Å². The zero-order valence-electron chi connectivity index (χ0n) is 11.5. The maximum atomic E-state index is 8.79. The highest BCUT2D eigenvalue weighted by atomic mass is 16.5. The Hall–Kier alpha value is -2.47. The molecule has 0 spiro atoms. The van der Waals surface area contributed by atoms with Crippen LogP contribution in [-0.2, 0) is 0 Å². The van der Waals surface area contributed by atoms with Crippen LogP contribution in [0.1, 0.15) is 17.5 Å². The van der Waals surface area contributed by atoms with Crippen molar-refractivity contribution < 1.29 is 9.47 Å². The first-order valence-electron chi connectivity index (χ1n) is 6.60. The van der Waals surface area contributed by atoms with Gasteiger partial charge in [0.2, 0.25) is 0 Å². The number of rotatable bonds is 6. The van der Waals surface area contributed by atoms with E-state index in [1.165, 1.54) is 5.56 Å². The summed E-state index contributed by atoms with van der Waals surface area (Å²) in [6.07, 6.45) is 0.796. The molecule has 0 amide bonds. The zero-order chi connectivity index (χ0) is 14.2. The van der Waals surface area contributed by atoms with Gasteiger partial charge >= 0.3 is 0 Å². The largest absolute Gasteiger partial charge is 0.493 e. The first-order chi connectivity index (χ1) is 9.78. The minimum Gasteiger partial charge on any atom is -0.493 e. The second-order valence-corrected chi connectivity index (χ2v) is 4.51. The third-order valence-electron chi connectivity index (χ3n) is 2.78. The molecule has 0 fully saturated rings. The molecule has 3 nitrogen and oxygen atoms in total. The lowest BCUT2D eigenvalue weighted by molar-refractivity contribution is 0.247. The molecule has 0 radical (unpaired) electrons. The summed E-state index contributed by atoms with van der Waals surface area (Å²) in [6, 6.07) is 17.2. The maximum Gasteiger partial charge on any atom is 0.120 e. The van der Waals surface area contributed by atoms with E-state index in [1.54, 1.807) is 12.1 Å². The fraction of sp³-hybridized carbons (Fsp3) is 0.235. The number of nitriles is 1. The van der Waals surface area contributed by atoms with Crippen molar-refractivity contribution in [2.45, 2.75) is 13.3 Å². The van der Waals surface area contributed by atoms with Gasteiger partial charge in [-0.05, 0) is 42.8 Å². The van der Waals surface area contributed by atoms with Gasteiger partial charge in [0, 0.05) is 6.42 Å². The normalized spacial score (nSPS) is 9.80. The monoisotopic (exact) mass is 267 g/mol. The summed E-state index contributed by atoms with van der Waals surface area (Å²) in [7, 11) is 0. The second-order valence-electron chi connectivity index (χ2n) is 4.51. The van der Waals surface area contributed by atoms with E-state index in [0.29, 0.717) is 18.8 Å². The number of hydrogen-bond donors (Lipinski definition) is 0. The lowest BCUT2D eigenvalue weighted by atomic mass is 10.2. The number of benzene rings is 2. The van der Waals surface area contributed by atoms with Crippen LogP contribution < -0.4 is 9.47 Å². The Morgan fingerprint density at radius 2 is 1.60 bits per heavy atom. The summed E-state index contributed by atoms with van der Waals surface area (Å²) in [6.45, 7) is 3.22. The highest BCUT2D eigenvalue weighted by Gasteiger charge is 1.97. The molecule has 20 heavy (non-hydrogen) atoms. The Morgan fingerprint density at radius 3 is 2.25 bits per heavy atom. The van der Waals surface area contributed by atoms with Gasteiger partial charge in [0.1, 0.15) is 11.5 Å². The van der Waals surface area contributed by atoms with Crippen LogP contribution in [0.5, 0.6) is 11.5 Å². The summed E-state index contributed by atoms with van der Waals surface area (Å²) in [5.74, 6) is 1.61. The van der Waals surface area contributed by atoms with Crippen LogP contribution in [0.25, 0.3) is 0 Å². The molecule has 2 rings (SSSR count). The van der Waals surface area contributed by atoms with Crippen molar-refractivity contribution in [3.05, 3.63) is 59.7 Å². The van der Waals surface area contributed by atoms with Gasteiger partial charge < -0.3 is 9.47 Å². The average Bonchev–Trinajstić information content (AvgIpc) is 2.47. The van der Waals surface area contributed by atoms with Crippen molar-refractivity contribution in [3.63, 3.8) is 0 Å². The molecule has 0 atom stereocenters. The molecular weight excluding hydrogens is 250 g/mol. The third-order valence-corrected chi connectivity index (χ3v) is 2.78. The molecule has 0 aliphatic rings. The molecule has 0 bridgehead atoms. The summed E-state index contributed by atoms with van der Waals surface area (Å²) in [4.78, 5) is 0. The topological polar surface area (TPSA) is 42.2 Å². The zero-order valence-corrected chi connectivity index (χ0v) is 11.5. The molecule has 102 valence electrons. The van der Waals surface area contributed by atoms with Gasteiger partial charge in [-0.2, -0.15) is 5.26 Å². The average molecular weight is 267 g/mol. The van der Waals surface area contributed by atoms with Crippen LogP contribution in [0.2, 0.25) is 0 Å². The number of aryl methyl sites for hydroxylation is 1. The lowest BCUT2D eigenvalue weighted by Gasteiger charge is -2.08. The predicted octanol–water partition coefficient (Wildman–Crippen LogP) is 3.71. The van der Waals surface area contributed by atoms with Gasteiger partial charge in [-0.25, -0.2) is 0 Å². The van der Waals surface area contributed by atoms with Crippen molar-refractivity contribution in [2.75, 3.05) is 13.2 Å². The minimum atomic E-state index is 0.570. The Kier molecular flexibility index (Phi) is 5.02. The first kappa shape index (κ1) is 14.0. The Morgan fingerprint density at radius 1 is 0.950 bits per heavy atom. The fourth-order valence-corrected chi connectivity index (χ4v) is 1.80. The SMILES string of the molecule is Cc1cccc(OCCCOc2cccc(C#N)c2)c1. The van der Waals surface area contributed by atoms with Crippen LogP contribution in [0.4, 0.5) is 0 Å². The van der Waals surface area contributed by atoms with Crippen molar-refractivity contribution in [1.82, 2.24) is 0 Å². The van der Waals surface area contributed by atoms with Crippen LogP contribution in [0.3, 0.4) is 0 Å². The second kappa shape index (κ2) is 7.20. The molecule has 0 aromatic heterocycles. The number of hydrogen-bond acceptors (Lipinski definition) is 3. The smallest absolute Gasteiger partial charge is 0.120 e. The fourth-order valence-electron chi connectivity index (χ4n) is 1.80. The molecule has 0 saturated heterocycles. The molecule has 3 heteroatoms. The molecule has 0 heterocycles. The van der Waals surface area contributed by atoms with Gasteiger partial charge in [0.15, 0.2) is 0 Å². The van der Waals surface area contributed by atoms with E-state index >= 15 is 0 Å². The quantitative estimate of drug-likeness (QED) is 0.749. The minimum absolute atomic E-state index is 0.570. The van der Waals surface area contributed by atoms with E-state index in [9.17, 15) is 0 Å². The molecule has 0 aliphatic carbocycles. The molecule has 2 aromatic carbocycles. The van der Waals surface area contributed by atoms with Gasteiger partial charge in [-0.15, -0.1) is 0 Å². The molecule has 0 unspecified atom stereocenters. The Bertz CT molecular complexity index is 602. The number of ether oxygens (including phenoxy) is 2. The standard InChI is InChI=1S/C17H17NO2/c1-14-5-2-7-16(11-14)19-9-4-10-20-17-8-3-6-15(12-17)13-18/h2-3,5-8,11-12H,4,9-10H2,1H3. The summed E-state index contributed by atoms with van der Waals surface area (Å²) >= 11 is 0. The van der Waals surface area contributed by atoms with Gasteiger partial charge in [0.25, 0.3) is 0 Å². The van der Waals surface area contributed by atoms with Gasteiger partial charge in [-0.1, -0.05) is 18.2 Å². The molecular formula is C17H17NO2. The van der Waals surface area contributed by atoms with Gasteiger partial charge in [-0.3, -0.25) is 0 Å². The summed E-state index contributed by atoms with van der Waals surface area (Å²) in [5, 5.41) is 8.79. The number of nitrogens with zero attached hydrogens (tertiary/aromatic N) is 1. The van der Waals surface area contributed by atoms with E-state index in [4.69, 9.17) is 14.7 Å². The van der Waals surface area contributed by atoms with Crippen molar-refractivity contribution in [2.24, 2.45) is 0 Å². The van der Waals surface area contributed by atoms with Crippen molar-refractivity contribution in [3.8, 4) is 17.6 Å². The van der Waals surface area contributed by atoms with E-state index in [2.05, 4.69) is 6.07 Å². The van der Waals surface area contributed by atoms with Crippen LogP contribution in [0.15, 0.2) is 48.5 Å². The lowest BCUT2D eigenvalue weighted by Crippen LogP contribution is -2.05. The van der Waals surface area contributed by atoms with Crippen LogP contribution in [0, 0.1) is 18.3 Å². The van der Waals surface area contributed by atoms with Crippen molar-refractivity contribution >= 4 is 0 Å². The Balaban J connectivity index is 1.70. The van der Waals surface area contributed by atoms with Gasteiger partial charge in [0.05, 0.1) is 24.8 Å². The molecule has 0 saturated carbocycles. The third kappa shape index (κ3) is 4.33. The molecule has 2 aromatic rings. The predicted molar refractivity (Wildman–Crippen MR) is 77.9 cm³/mol. The van der Waals surface area contributed by atoms with E-state index in [-0.39, 0.29) is 0 Å². The maximum absolute atomic E-state index is 8.79.